The molecule has 0 saturated carbocycles. The number of fused-ring (bicyclic) bond motifs is 1. The Bertz CT molecular complexity index is 741. The zero-order valence-corrected chi connectivity index (χ0v) is 12.5. The molecule has 2 aromatic rings. The lowest BCUT2D eigenvalue weighted by molar-refractivity contribution is -0.131. The van der Waals surface area contributed by atoms with Gasteiger partial charge in [0.1, 0.15) is 5.75 Å². The van der Waals surface area contributed by atoms with Crippen molar-refractivity contribution in [2.24, 2.45) is 0 Å². The fourth-order valence-corrected chi connectivity index (χ4v) is 2.44. The van der Waals surface area contributed by atoms with Gasteiger partial charge in [-0.2, -0.15) is 0 Å². The van der Waals surface area contributed by atoms with Gasteiger partial charge in [-0.1, -0.05) is 13.8 Å². The third kappa shape index (κ3) is 2.46. The number of carbonyl (C=O) groups is 1. The van der Waals surface area contributed by atoms with E-state index >= 15 is 0 Å². The molecule has 0 bridgehead atoms. The first-order valence-corrected chi connectivity index (χ1v) is 6.66. The minimum absolute atomic E-state index is 0.0512. The third-order valence-electron chi connectivity index (χ3n) is 3.36. The first-order valence-electron chi connectivity index (χ1n) is 6.66. The molecule has 1 N–H and O–H groups in total. The molecule has 1 aromatic carbocycles. The molecule has 0 aliphatic rings. The van der Waals surface area contributed by atoms with Gasteiger partial charge in [-0.3, -0.25) is 9.59 Å². The summed E-state index contributed by atoms with van der Waals surface area (Å²) in [7, 11) is 0. The van der Waals surface area contributed by atoms with E-state index in [2.05, 4.69) is 4.98 Å². The molecule has 2 rings (SSSR count). The van der Waals surface area contributed by atoms with E-state index in [9.17, 15) is 9.59 Å². The van der Waals surface area contributed by atoms with Crippen LogP contribution in [0.3, 0.4) is 0 Å². The maximum Gasteiger partial charge on any atom is 0.308 e. The van der Waals surface area contributed by atoms with Crippen molar-refractivity contribution < 1.29 is 9.53 Å². The number of hydrogen-bond acceptors (Lipinski definition) is 3. The Hall–Kier alpha value is -2.10. The third-order valence-corrected chi connectivity index (χ3v) is 3.36. The topological polar surface area (TPSA) is 59.2 Å². The second-order valence-corrected chi connectivity index (χ2v) is 5.40. The predicted octanol–water partition coefficient (Wildman–Crippen LogP) is 3.19. The summed E-state index contributed by atoms with van der Waals surface area (Å²) < 4.78 is 5.24. The maximum absolute atomic E-state index is 12.3. The van der Waals surface area contributed by atoms with Crippen LogP contribution in [-0.2, 0) is 4.79 Å². The fourth-order valence-electron chi connectivity index (χ4n) is 2.44. The van der Waals surface area contributed by atoms with Crippen molar-refractivity contribution >= 4 is 16.9 Å². The first-order chi connectivity index (χ1) is 9.31. The van der Waals surface area contributed by atoms with E-state index in [1.807, 2.05) is 26.8 Å². The van der Waals surface area contributed by atoms with Crippen molar-refractivity contribution in [1.82, 2.24) is 4.98 Å². The number of aromatic nitrogens is 1. The Balaban J connectivity index is 2.91. The molecule has 1 heterocycles. The number of carbonyl (C=O) groups excluding carboxylic acids is 1. The number of aromatic amines is 1. The van der Waals surface area contributed by atoms with Crippen LogP contribution >= 0.6 is 0 Å². The van der Waals surface area contributed by atoms with Gasteiger partial charge in [0.2, 0.25) is 0 Å². The first kappa shape index (κ1) is 14.3. The van der Waals surface area contributed by atoms with Crippen LogP contribution in [-0.4, -0.2) is 11.0 Å². The summed E-state index contributed by atoms with van der Waals surface area (Å²) in [5.74, 6) is 0.290. The van der Waals surface area contributed by atoms with Crippen molar-refractivity contribution in [2.75, 3.05) is 0 Å². The van der Waals surface area contributed by atoms with Crippen LogP contribution in [0.25, 0.3) is 10.9 Å². The van der Waals surface area contributed by atoms with Crippen LogP contribution in [0.15, 0.2) is 16.9 Å². The molecule has 0 unspecified atom stereocenters. The molecule has 0 aliphatic heterocycles. The summed E-state index contributed by atoms with van der Waals surface area (Å²) in [6.45, 7) is 9.11. The Morgan fingerprint density at radius 3 is 2.45 bits per heavy atom. The van der Waals surface area contributed by atoms with Gasteiger partial charge in [0.25, 0.3) is 0 Å². The average Bonchev–Trinajstić information content (AvgIpc) is 2.30. The van der Waals surface area contributed by atoms with Gasteiger partial charge in [-0.25, -0.2) is 0 Å². The van der Waals surface area contributed by atoms with E-state index in [0.717, 1.165) is 16.8 Å². The second-order valence-electron chi connectivity index (χ2n) is 5.40. The lowest BCUT2D eigenvalue weighted by atomic mass is 9.95. The quantitative estimate of drug-likeness (QED) is 0.675. The molecule has 4 nitrogen and oxygen atoms in total. The zero-order chi connectivity index (χ0) is 15.0. The summed E-state index contributed by atoms with van der Waals surface area (Å²) in [6, 6.07) is 3.41. The largest absolute Gasteiger partial charge is 0.426 e. The molecule has 106 valence electrons. The van der Waals surface area contributed by atoms with Gasteiger partial charge >= 0.3 is 5.97 Å². The number of ether oxygens (including phenoxy) is 1. The standard InChI is InChI=1S/C16H19NO3/c1-8(2)12-7-14(20-11(5)18)10(4)15-13(19)6-9(3)17-16(12)15/h6-8H,1-5H3,(H,17,19). The molecule has 1 aromatic heterocycles. The van der Waals surface area contributed by atoms with Crippen LogP contribution in [0.1, 0.15) is 43.5 Å². The fraction of sp³-hybridized carbons (Fsp3) is 0.375. The van der Waals surface area contributed by atoms with Crippen molar-refractivity contribution in [2.45, 2.75) is 40.5 Å². The van der Waals surface area contributed by atoms with E-state index in [-0.39, 0.29) is 17.3 Å². The number of rotatable bonds is 2. The van der Waals surface area contributed by atoms with Crippen LogP contribution in [0.2, 0.25) is 0 Å². The highest BCUT2D eigenvalue weighted by Crippen LogP contribution is 2.32. The molecular weight excluding hydrogens is 254 g/mol. The lowest BCUT2D eigenvalue weighted by Crippen LogP contribution is -2.10. The SMILES string of the molecule is CC(=O)Oc1cc(C(C)C)c2[nH]c(C)cc(=O)c2c1C. The lowest BCUT2D eigenvalue weighted by Gasteiger charge is -2.16. The average molecular weight is 273 g/mol. The monoisotopic (exact) mass is 273 g/mol. The van der Waals surface area contributed by atoms with Gasteiger partial charge < -0.3 is 9.72 Å². The van der Waals surface area contributed by atoms with E-state index in [0.29, 0.717) is 16.7 Å². The molecule has 0 amide bonds. The smallest absolute Gasteiger partial charge is 0.308 e. The van der Waals surface area contributed by atoms with Crippen molar-refractivity contribution in [3.8, 4) is 5.75 Å². The summed E-state index contributed by atoms with van der Waals surface area (Å²) in [5, 5.41) is 0.595. The van der Waals surface area contributed by atoms with Crippen molar-refractivity contribution in [3.05, 3.63) is 39.2 Å². The Morgan fingerprint density at radius 1 is 1.25 bits per heavy atom. The molecule has 0 aliphatic carbocycles. The summed E-state index contributed by atoms with van der Waals surface area (Å²) >= 11 is 0. The molecule has 4 heteroatoms. The number of aryl methyl sites for hydroxylation is 2. The highest BCUT2D eigenvalue weighted by molar-refractivity contribution is 5.88. The summed E-state index contributed by atoms with van der Waals surface area (Å²) in [5.41, 5.74) is 3.27. The van der Waals surface area contributed by atoms with Gasteiger partial charge in [-0.05, 0) is 31.4 Å². The second kappa shape index (κ2) is 5.12. The minimum atomic E-state index is -0.384. The van der Waals surface area contributed by atoms with Crippen molar-refractivity contribution in [3.63, 3.8) is 0 Å². The van der Waals surface area contributed by atoms with E-state index in [1.165, 1.54) is 6.92 Å². The van der Waals surface area contributed by atoms with Gasteiger partial charge in [0, 0.05) is 24.2 Å². The van der Waals surface area contributed by atoms with Crippen LogP contribution in [0, 0.1) is 13.8 Å². The Labute approximate surface area is 117 Å². The number of esters is 1. The van der Waals surface area contributed by atoms with E-state index in [1.54, 1.807) is 13.0 Å². The summed E-state index contributed by atoms with van der Waals surface area (Å²) in [4.78, 5) is 26.7. The molecular formula is C16H19NO3. The number of pyridine rings is 1. The predicted molar refractivity (Wildman–Crippen MR) is 79.4 cm³/mol. The molecule has 0 saturated heterocycles. The van der Waals surface area contributed by atoms with Crippen molar-refractivity contribution in [1.29, 1.82) is 0 Å². The molecule has 0 spiro atoms. The highest BCUT2D eigenvalue weighted by atomic mass is 16.5. The Morgan fingerprint density at radius 2 is 1.90 bits per heavy atom. The normalized spacial score (nSPS) is 11.1. The van der Waals surface area contributed by atoms with Crippen LogP contribution in [0.4, 0.5) is 0 Å². The highest BCUT2D eigenvalue weighted by Gasteiger charge is 2.16. The Kier molecular flexibility index (Phi) is 3.66. The van der Waals surface area contributed by atoms with Gasteiger partial charge in [0.05, 0.1) is 10.9 Å². The number of benzene rings is 1. The maximum atomic E-state index is 12.3. The van der Waals surface area contributed by atoms with E-state index < -0.39 is 0 Å². The van der Waals surface area contributed by atoms with Crippen LogP contribution < -0.4 is 10.2 Å². The summed E-state index contributed by atoms with van der Waals surface area (Å²) in [6.07, 6.45) is 0. The molecule has 0 atom stereocenters. The minimum Gasteiger partial charge on any atom is -0.426 e. The molecule has 20 heavy (non-hydrogen) atoms. The number of hydrogen-bond donors (Lipinski definition) is 1. The number of nitrogens with one attached hydrogen (secondary N) is 1. The zero-order valence-electron chi connectivity index (χ0n) is 12.5. The van der Waals surface area contributed by atoms with Gasteiger partial charge in [-0.15, -0.1) is 0 Å². The van der Waals surface area contributed by atoms with E-state index in [4.69, 9.17) is 4.74 Å². The molecule has 0 fully saturated rings. The number of H-pyrrole nitrogens is 1. The molecule has 0 radical (unpaired) electrons. The van der Waals surface area contributed by atoms with Gasteiger partial charge in [0.15, 0.2) is 5.43 Å². The van der Waals surface area contributed by atoms with Crippen LogP contribution in [0.5, 0.6) is 5.75 Å².